The molecule has 2 N–H and O–H groups in total. The zero-order valence-corrected chi connectivity index (χ0v) is 12.9. The van der Waals surface area contributed by atoms with E-state index in [1.165, 1.54) is 11.3 Å². The van der Waals surface area contributed by atoms with E-state index in [1.807, 2.05) is 25.1 Å². The number of rotatable bonds is 7. The van der Waals surface area contributed by atoms with Gasteiger partial charge < -0.3 is 15.2 Å². The Morgan fingerprint density at radius 3 is 2.95 bits per heavy atom. The Bertz CT molecular complexity index is 657. The van der Waals surface area contributed by atoms with Crippen LogP contribution in [0.25, 0.3) is 10.2 Å². The first-order chi connectivity index (χ1) is 10.1. The first-order valence-corrected chi connectivity index (χ1v) is 8.18. The van der Waals surface area contributed by atoms with Gasteiger partial charge >= 0.3 is 5.97 Å². The van der Waals surface area contributed by atoms with Crippen LogP contribution in [0.1, 0.15) is 6.92 Å². The Morgan fingerprint density at radius 2 is 2.24 bits per heavy atom. The van der Waals surface area contributed by atoms with Crippen LogP contribution < -0.4 is 10.1 Å². The van der Waals surface area contributed by atoms with Crippen LogP contribution in [-0.2, 0) is 9.59 Å². The minimum atomic E-state index is -0.934. The van der Waals surface area contributed by atoms with Crippen LogP contribution >= 0.6 is 23.1 Å². The molecular weight excluding hydrogens is 312 g/mol. The third-order valence-corrected chi connectivity index (χ3v) is 4.23. The number of aromatic nitrogens is 1. The summed E-state index contributed by atoms with van der Waals surface area (Å²) >= 11 is 2.41. The number of thiazole rings is 1. The van der Waals surface area contributed by atoms with E-state index >= 15 is 0 Å². The fourth-order valence-corrected chi connectivity index (χ4v) is 3.05. The van der Waals surface area contributed by atoms with Crippen LogP contribution in [0, 0.1) is 0 Å². The van der Waals surface area contributed by atoms with Crippen molar-refractivity contribution < 1.29 is 19.4 Å². The normalized spacial score (nSPS) is 10.5. The Balaban J connectivity index is 1.98. The van der Waals surface area contributed by atoms with Gasteiger partial charge in [0.05, 0.1) is 28.3 Å². The number of benzene rings is 1. The van der Waals surface area contributed by atoms with Crippen LogP contribution in [0.2, 0.25) is 0 Å². The van der Waals surface area contributed by atoms with Crippen molar-refractivity contribution in [2.45, 2.75) is 6.92 Å². The number of thioether (sulfide) groups is 1. The quantitative estimate of drug-likeness (QED) is 0.812. The zero-order chi connectivity index (χ0) is 15.2. The standard InChI is InChI=1S/C13H14N2O4S2/c1-2-19-8-3-4-9-10(5-8)21-13(14-9)15-11(16)6-20-7-12(17)18/h3-5H,2,6-7H2,1H3,(H,17,18)(H,14,15,16). The number of carbonyl (C=O) groups excluding carboxylic acids is 1. The number of hydrogen-bond acceptors (Lipinski definition) is 6. The molecule has 0 aliphatic carbocycles. The predicted molar refractivity (Wildman–Crippen MR) is 84.4 cm³/mol. The molecular formula is C13H14N2O4S2. The van der Waals surface area contributed by atoms with Crippen LogP contribution in [0.3, 0.4) is 0 Å². The maximum Gasteiger partial charge on any atom is 0.313 e. The summed E-state index contributed by atoms with van der Waals surface area (Å²) in [6.07, 6.45) is 0. The highest BCUT2D eigenvalue weighted by atomic mass is 32.2. The monoisotopic (exact) mass is 326 g/mol. The van der Waals surface area contributed by atoms with E-state index in [4.69, 9.17) is 9.84 Å². The molecule has 8 heteroatoms. The van der Waals surface area contributed by atoms with Crippen molar-refractivity contribution in [1.29, 1.82) is 0 Å². The topological polar surface area (TPSA) is 88.5 Å². The highest BCUT2D eigenvalue weighted by Gasteiger charge is 2.09. The number of anilines is 1. The number of hydrogen-bond donors (Lipinski definition) is 2. The molecule has 1 aromatic heterocycles. The highest BCUT2D eigenvalue weighted by Crippen LogP contribution is 2.29. The summed E-state index contributed by atoms with van der Waals surface area (Å²) in [6.45, 7) is 2.51. The van der Waals surface area contributed by atoms with Gasteiger partial charge in [-0.3, -0.25) is 9.59 Å². The molecule has 1 heterocycles. The summed E-state index contributed by atoms with van der Waals surface area (Å²) in [6, 6.07) is 5.55. The average Bonchev–Trinajstić information content (AvgIpc) is 2.80. The lowest BCUT2D eigenvalue weighted by atomic mass is 10.3. The molecule has 0 bridgehead atoms. The number of aliphatic carboxylic acids is 1. The molecule has 0 saturated carbocycles. The average molecular weight is 326 g/mol. The number of ether oxygens (including phenoxy) is 1. The first kappa shape index (κ1) is 15.6. The van der Waals surface area contributed by atoms with Gasteiger partial charge in [-0.2, -0.15) is 0 Å². The molecule has 21 heavy (non-hydrogen) atoms. The maximum atomic E-state index is 11.7. The maximum absolute atomic E-state index is 11.7. The summed E-state index contributed by atoms with van der Waals surface area (Å²) in [4.78, 5) is 26.3. The number of carboxylic acids is 1. The highest BCUT2D eigenvalue weighted by molar-refractivity contribution is 8.00. The molecule has 0 radical (unpaired) electrons. The van der Waals surface area contributed by atoms with Gasteiger partial charge in [-0.25, -0.2) is 4.98 Å². The van der Waals surface area contributed by atoms with Gasteiger partial charge in [-0.15, -0.1) is 11.8 Å². The second-order valence-corrected chi connectivity index (χ2v) is 6.03. The number of fused-ring (bicyclic) bond motifs is 1. The van der Waals surface area contributed by atoms with Crippen molar-refractivity contribution in [3.63, 3.8) is 0 Å². The van der Waals surface area contributed by atoms with Crippen LogP contribution in [0.5, 0.6) is 5.75 Å². The van der Waals surface area contributed by atoms with Gasteiger partial charge in [0.25, 0.3) is 0 Å². The van der Waals surface area contributed by atoms with Crippen molar-refractivity contribution in [2.75, 3.05) is 23.4 Å². The fraction of sp³-hybridized carbons (Fsp3) is 0.308. The lowest BCUT2D eigenvalue weighted by Gasteiger charge is -2.00. The molecule has 0 spiro atoms. The van der Waals surface area contributed by atoms with Gasteiger partial charge in [-0.05, 0) is 25.1 Å². The van der Waals surface area contributed by atoms with Gasteiger partial charge in [0.15, 0.2) is 5.13 Å². The molecule has 1 aromatic carbocycles. The molecule has 2 rings (SSSR count). The molecule has 1 amide bonds. The van der Waals surface area contributed by atoms with E-state index in [-0.39, 0.29) is 17.4 Å². The summed E-state index contributed by atoms with van der Waals surface area (Å²) in [7, 11) is 0. The summed E-state index contributed by atoms with van der Waals surface area (Å²) in [5, 5.41) is 11.7. The van der Waals surface area contributed by atoms with Gasteiger partial charge in [0.2, 0.25) is 5.91 Å². The first-order valence-electron chi connectivity index (χ1n) is 6.21. The van der Waals surface area contributed by atoms with Crippen LogP contribution in [0.4, 0.5) is 5.13 Å². The van der Waals surface area contributed by atoms with Gasteiger partial charge in [-0.1, -0.05) is 11.3 Å². The second-order valence-electron chi connectivity index (χ2n) is 4.02. The SMILES string of the molecule is CCOc1ccc2nc(NC(=O)CSCC(=O)O)sc2c1. The number of amides is 1. The van der Waals surface area contributed by atoms with Crippen molar-refractivity contribution in [1.82, 2.24) is 4.98 Å². The summed E-state index contributed by atoms with van der Waals surface area (Å²) < 4.78 is 6.34. The van der Waals surface area contributed by atoms with Crippen molar-refractivity contribution >= 4 is 50.3 Å². The number of nitrogens with one attached hydrogen (secondary N) is 1. The molecule has 112 valence electrons. The number of carboxylic acid groups (broad SMARTS) is 1. The van der Waals surface area contributed by atoms with Gasteiger partial charge in [0, 0.05) is 0 Å². The largest absolute Gasteiger partial charge is 0.494 e. The van der Waals surface area contributed by atoms with Crippen molar-refractivity contribution in [3.8, 4) is 5.75 Å². The van der Waals surface area contributed by atoms with Crippen molar-refractivity contribution in [2.24, 2.45) is 0 Å². The molecule has 0 aliphatic rings. The predicted octanol–water partition coefficient (Wildman–Crippen LogP) is 2.45. The zero-order valence-electron chi connectivity index (χ0n) is 11.3. The Hall–Kier alpha value is -1.80. The Morgan fingerprint density at radius 1 is 1.43 bits per heavy atom. The van der Waals surface area contributed by atoms with Crippen LogP contribution in [-0.4, -0.2) is 40.1 Å². The number of nitrogens with zero attached hydrogens (tertiary/aromatic N) is 1. The molecule has 6 nitrogen and oxygen atoms in total. The van der Waals surface area contributed by atoms with E-state index < -0.39 is 5.97 Å². The van der Waals surface area contributed by atoms with Crippen LogP contribution in [0.15, 0.2) is 18.2 Å². The van der Waals surface area contributed by atoms with E-state index in [1.54, 1.807) is 0 Å². The molecule has 0 fully saturated rings. The minimum absolute atomic E-state index is 0.0897. The van der Waals surface area contributed by atoms with Gasteiger partial charge in [0.1, 0.15) is 5.75 Å². The Kier molecular flexibility index (Phi) is 5.40. The van der Waals surface area contributed by atoms with E-state index in [2.05, 4.69) is 10.3 Å². The van der Waals surface area contributed by atoms with Crippen molar-refractivity contribution in [3.05, 3.63) is 18.2 Å². The molecule has 0 aliphatic heterocycles. The fourth-order valence-electron chi connectivity index (χ4n) is 1.60. The van der Waals surface area contributed by atoms with E-state index in [9.17, 15) is 9.59 Å². The van der Waals surface area contributed by atoms with E-state index in [0.717, 1.165) is 27.7 Å². The third kappa shape index (κ3) is 4.61. The third-order valence-electron chi connectivity index (χ3n) is 2.38. The lowest BCUT2D eigenvalue weighted by Crippen LogP contribution is -2.15. The molecule has 0 saturated heterocycles. The summed E-state index contributed by atoms with van der Waals surface area (Å²) in [5.74, 6) is -0.428. The summed E-state index contributed by atoms with van der Waals surface area (Å²) in [5.41, 5.74) is 0.789. The lowest BCUT2D eigenvalue weighted by molar-refractivity contribution is -0.133. The number of carbonyl (C=O) groups is 2. The molecule has 2 aromatic rings. The smallest absolute Gasteiger partial charge is 0.313 e. The van der Waals surface area contributed by atoms with E-state index in [0.29, 0.717) is 11.7 Å². The molecule has 0 unspecified atom stereocenters. The second kappa shape index (κ2) is 7.28. The molecule has 0 atom stereocenters. The minimum Gasteiger partial charge on any atom is -0.494 e. The Labute approximate surface area is 129 Å².